The number of methoxy groups -OCH3 is 2. The van der Waals surface area contributed by atoms with Crippen LogP contribution >= 0.6 is 0 Å². The summed E-state index contributed by atoms with van der Waals surface area (Å²) in [5.41, 5.74) is 2.63. The minimum Gasteiger partial charge on any atom is -0.495 e. The predicted molar refractivity (Wildman–Crippen MR) is 155 cm³/mol. The summed E-state index contributed by atoms with van der Waals surface area (Å²) in [6.45, 7) is 2.50. The molecule has 41 heavy (non-hydrogen) atoms. The van der Waals surface area contributed by atoms with E-state index in [1.807, 2.05) is 6.07 Å². The summed E-state index contributed by atoms with van der Waals surface area (Å²) >= 11 is 0. The van der Waals surface area contributed by atoms with Crippen LogP contribution < -0.4 is 20.7 Å². The number of ether oxygens (including phenoxy) is 2. The first-order valence-electron chi connectivity index (χ1n) is 13.5. The van der Waals surface area contributed by atoms with Gasteiger partial charge in [-0.3, -0.25) is 4.79 Å². The normalized spacial score (nSPS) is 14.4. The topological polar surface area (TPSA) is 79.8 Å². The van der Waals surface area contributed by atoms with Crippen LogP contribution in [0.15, 0.2) is 42.5 Å². The lowest BCUT2D eigenvalue weighted by Crippen LogP contribution is -2.40. The molecular weight excluding hydrogens is 535 g/mol. The molecule has 0 unspecified atom stereocenters. The van der Waals surface area contributed by atoms with Gasteiger partial charge >= 0.3 is 6.18 Å². The van der Waals surface area contributed by atoms with Crippen LogP contribution in [-0.2, 0) is 11.3 Å². The maximum absolute atomic E-state index is 13.6. The van der Waals surface area contributed by atoms with E-state index in [4.69, 9.17) is 9.47 Å². The zero-order chi connectivity index (χ0) is 29.4. The highest BCUT2D eigenvalue weighted by atomic mass is 19.4. The molecule has 1 amide bonds. The Labute approximate surface area is 238 Å². The Kier molecular flexibility index (Phi) is 10.0. The van der Waals surface area contributed by atoms with Crippen molar-refractivity contribution in [2.45, 2.75) is 31.6 Å². The number of hydrogen-bond acceptors (Lipinski definition) is 6. The molecule has 1 aliphatic heterocycles. The van der Waals surface area contributed by atoms with E-state index in [2.05, 4.69) is 32.7 Å². The number of amides is 1. The molecule has 2 heterocycles. The number of piperidine rings is 1. The fourth-order valence-corrected chi connectivity index (χ4v) is 5.00. The first-order valence-corrected chi connectivity index (χ1v) is 13.5. The molecule has 0 spiro atoms. The van der Waals surface area contributed by atoms with Crippen molar-refractivity contribution in [1.82, 2.24) is 14.8 Å². The fourth-order valence-electron chi connectivity index (χ4n) is 5.00. The molecule has 11 heteroatoms. The monoisotopic (exact) mass is 571 g/mol. The van der Waals surface area contributed by atoms with E-state index in [9.17, 15) is 18.0 Å². The Morgan fingerprint density at radius 2 is 1.88 bits per heavy atom. The van der Waals surface area contributed by atoms with Gasteiger partial charge in [0.25, 0.3) is 5.91 Å². The molecule has 0 bridgehead atoms. The number of alkyl halides is 3. The van der Waals surface area contributed by atoms with Gasteiger partial charge in [0.1, 0.15) is 12.3 Å². The molecular formula is C30H36F3N5O3. The molecule has 3 N–H and O–H groups in total. The first kappa shape index (κ1) is 30.1. The van der Waals surface area contributed by atoms with Crippen LogP contribution in [0.3, 0.4) is 0 Å². The summed E-state index contributed by atoms with van der Waals surface area (Å²) in [5.74, 6) is 6.08. The Hall–Kier alpha value is -3.88. The summed E-state index contributed by atoms with van der Waals surface area (Å²) in [6, 6.07) is 12.3. The van der Waals surface area contributed by atoms with Gasteiger partial charge in [-0.15, -0.1) is 0 Å². The Morgan fingerprint density at radius 3 is 2.56 bits per heavy atom. The van der Waals surface area contributed by atoms with Gasteiger partial charge in [0, 0.05) is 56.5 Å². The lowest BCUT2D eigenvalue weighted by Gasteiger charge is -2.32. The number of halogens is 3. The third-order valence-corrected chi connectivity index (χ3v) is 7.12. The van der Waals surface area contributed by atoms with Crippen molar-refractivity contribution in [1.29, 1.82) is 0 Å². The van der Waals surface area contributed by atoms with E-state index >= 15 is 0 Å². The van der Waals surface area contributed by atoms with Crippen LogP contribution in [0.25, 0.3) is 10.9 Å². The SMILES string of the molecule is CNC(=O)c1ccc(NCC#Cc2cc3c(NC4CCN(CCOC)CC4)cccc3n2CC(F)(F)F)c(OC)c1. The zero-order valence-electron chi connectivity index (χ0n) is 23.5. The second kappa shape index (κ2) is 13.7. The highest BCUT2D eigenvalue weighted by Crippen LogP contribution is 2.31. The van der Waals surface area contributed by atoms with Crippen LogP contribution in [0.1, 0.15) is 28.9 Å². The minimum absolute atomic E-state index is 0.163. The van der Waals surface area contributed by atoms with E-state index in [0.717, 1.165) is 38.2 Å². The lowest BCUT2D eigenvalue weighted by molar-refractivity contribution is -0.140. The number of nitrogens with one attached hydrogen (secondary N) is 3. The van der Waals surface area contributed by atoms with Crippen LogP contribution in [0.4, 0.5) is 24.5 Å². The molecule has 1 saturated heterocycles. The average molecular weight is 572 g/mol. The standard InChI is InChI=1S/C30H36F3N5O3/c1-34-29(39)21-9-10-26(28(18-21)41-3)35-13-5-6-23-19-24-25(7-4-8-27(24)38(23)20-30(31,32)33)36-22-11-14-37(15-12-22)16-17-40-2/h4,7-10,18-19,22,35-36H,11-17,20H2,1-3H3,(H,34,39). The number of likely N-dealkylation sites (tertiary alicyclic amines) is 1. The molecule has 8 nitrogen and oxygen atoms in total. The molecule has 0 saturated carbocycles. The van der Waals surface area contributed by atoms with Crippen LogP contribution in [-0.4, -0.2) is 81.6 Å². The number of hydrogen-bond donors (Lipinski definition) is 3. The molecule has 3 aromatic rings. The maximum Gasteiger partial charge on any atom is 0.406 e. The molecule has 1 fully saturated rings. The van der Waals surface area contributed by atoms with Crippen molar-refractivity contribution in [3.63, 3.8) is 0 Å². The molecule has 2 aromatic carbocycles. The van der Waals surface area contributed by atoms with Crippen LogP contribution in [0, 0.1) is 11.8 Å². The third-order valence-electron chi connectivity index (χ3n) is 7.12. The number of nitrogens with zero attached hydrogens (tertiary/aromatic N) is 2. The van der Waals surface area contributed by atoms with Crippen LogP contribution in [0.5, 0.6) is 5.75 Å². The van der Waals surface area contributed by atoms with Gasteiger partial charge in [-0.2, -0.15) is 13.2 Å². The molecule has 1 aromatic heterocycles. The Balaban J connectivity index is 1.53. The lowest BCUT2D eigenvalue weighted by atomic mass is 10.0. The van der Waals surface area contributed by atoms with Crippen molar-refractivity contribution >= 4 is 28.2 Å². The Bertz CT molecular complexity index is 1400. The number of aromatic nitrogens is 1. The number of benzene rings is 2. The summed E-state index contributed by atoms with van der Waals surface area (Å²) < 4.78 is 52.5. The number of carbonyl (C=O) groups excluding carboxylic acids is 1. The summed E-state index contributed by atoms with van der Waals surface area (Å²) in [7, 11) is 4.73. The maximum atomic E-state index is 13.6. The van der Waals surface area contributed by atoms with Crippen molar-refractivity contribution in [2.24, 2.45) is 0 Å². The second-order valence-electron chi connectivity index (χ2n) is 9.87. The van der Waals surface area contributed by atoms with E-state index in [1.54, 1.807) is 50.6 Å². The van der Waals surface area contributed by atoms with E-state index in [0.29, 0.717) is 34.5 Å². The molecule has 0 radical (unpaired) electrons. The number of carbonyl (C=O) groups is 1. The van der Waals surface area contributed by atoms with Crippen molar-refractivity contribution in [3.05, 3.63) is 53.7 Å². The average Bonchev–Trinajstić information content (AvgIpc) is 3.31. The van der Waals surface area contributed by atoms with E-state index in [-0.39, 0.29) is 24.2 Å². The number of rotatable bonds is 10. The highest BCUT2D eigenvalue weighted by molar-refractivity contribution is 5.95. The van der Waals surface area contributed by atoms with Gasteiger partial charge in [0.2, 0.25) is 0 Å². The zero-order valence-corrected chi connectivity index (χ0v) is 23.5. The summed E-state index contributed by atoms with van der Waals surface area (Å²) in [4.78, 5) is 14.3. The van der Waals surface area contributed by atoms with Crippen LogP contribution in [0.2, 0.25) is 0 Å². The molecule has 0 aliphatic carbocycles. The van der Waals surface area contributed by atoms with E-state index in [1.165, 1.54) is 11.7 Å². The number of anilines is 2. The Morgan fingerprint density at radius 1 is 1.10 bits per heavy atom. The number of fused-ring (bicyclic) bond motifs is 1. The quantitative estimate of drug-likeness (QED) is 0.310. The molecule has 1 aliphatic rings. The van der Waals surface area contributed by atoms with E-state index < -0.39 is 12.7 Å². The van der Waals surface area contributed by atoms with Crippen molar-refractivity contribution in [3.8, 4) is 17.6 Å². The largest absolute Gasteiger partial charge is 0.495 e. The minimum atomic E-state index is -4.40. The molecule has 4 rings (SSSR count). The highest BCUT2D eigenvalue weighted by Gasteiger charge is 2.30. The second-order valence-corrected chi connectivity index (χ2v) is 9.87. The molecule has 0 atom stereocenters. The van der Waals surface area contributed by atoms with Gasteiger partial charge in [-0.25, -0.2) is 0 Å². The predicted octanol–water partition coefficient (Wildman–Crippen LogP) is 4.56. The summed E-state index contributed by atoms with van der Waals surface area (Å²) in [5, 5.41) is 9.95. The van der Waals surface area contributed by atoms with Crippen molar-refractivity contribution in [2.75, 3.05) is 64.7 Å². The van der Waals surface area contributed by atoms with Crippen molar-refractivity contribution < 1.29 is 27.4 Å². The first-order chi connectivity index (χ1) is 19.7. The van der Waals surface area contributed by atoms with Gasteiger partial charge < -0.3 is 34.9 Å². The van der Waals surface area contributed by atoms with Gasteiger partial charge in [0.15, 0.2) is 0 Å². The fraction of sp³-hybridized carbons (Fsp3) is 0.433. The van der Waals surface area contributed by atoms with Gasteiger partial charge in [-0.1, -0.05) is 12.0 Å². The summed E-state index contributed by atoms with van der Waals surface area (Å²) in [6.07, 6.45) is -2.52. The van der Waals surface area contributed by atoms with Gasteiger partial charge in [0.05, 0.1) is 37.2 Å². The molecule has 220 valence electrons. The third kappa shape index (κ3) is 7.86. The smallest absolute Gasteiger partial charge is 0.406 e. The van der Waals surface area contributed by atoms with Gasteiger partial charge in [-0.05, 0) is 55.2 Å².